The first-order chi connectivity index (χ1) is 16.0. The van der Waals surface area contributed by atoms with Gasteiger partial charge in [-0.2, -0.15) is 0 Å². The molecule has 1 unspecified atom stereocenters. The summed E-state index contributed by atoms with van der Waals surface area (Å²) in [7, 11) is 0. The van der Waals surface area contributed by atoms with Gasteiger partial charge < -0.3 is 15.4 Å². The van der Waals surface area contributed by atoms with Crippen molar-refractivity contribution in [3.05, 3.63) is 54.5 Å². The molecule has 10 heteroatoms. The summed E-state index contributed by atoms with van der Waals surface area (Å²) in [6, 6.07) is 6.04. The number of nitrogens with one attached hydrogen (secondary N) is 3. The van der Waals surface area contributed by atoms with Gasteiger partial charge >= 0.3 is 6.03 Å². The number of imidazole rings is 1. The molecule has 1 atom stereocenters. The number of H-pyrrole nitrogens is 1. The number of aromatic nitrogens is 5. The van der Waals surface area contributed by atoms with Crippen molar-refractivity contribution >= 4 is 23.0 Å². The van der Waals surface area contributed by atoms with E-state index in [9.17, 15) is 14.3 Å². The first-order valence-corrected chi connectivity index (χ1v) is 10.7. The fourth-order valence-corrected chi connectivity index (χ4v) is 3.68. The Morgan fingerprint density at radius 1 is 1.24 bits per heavy atom. The quantitative estimate of drug-likeness (QED) is 0.356. The number of nitrogens with zero attached hydrogens (tertiary/aromatic N) is 4. The maximum Gasteiger partial charge on any atom is 0.321 e. The Labute approximate surface area is 188 Å². The Morgan fingerprint density at radius 3 is 2.73 bits per heavy atom. The standard InChI is InChI=1S/C23H22FN7O2/c1-2-25-23(33)31-22-29-17-9-13(14-10-27-21(28-11-14)20(32)12-5-6-12)8-15(19(17)30-22)18-16(24)4-3-7-26-18/h3-4,7-12,20,32H,2,5-6H2,1H3,(H3,25,29,30,31,33). The second kappa shape index (κ2) is 8.55. The van der Waals surface area contributed by atoms with Crippen LogP contribution in [0.25, 0.3) is 33.4 Å². The van der Waals surface area contributed by atoms with Gasteiger partial charge in [-0.25, -0.2) is 24.1 Å². The molecule has 0 spiro atoms. The van der Waals surface area contributed by atoms with Crippen molar-refractivity contribution in [3.8, 4) is 22.4 Å². The minimum absolute atomic E-state index is 0.141. The molecule has 33 heavy (non-hydrogen) atoms. The Hall–Kier alpha value is -3.92. The molecule has 1 aliphatic carbocycles. The molecule has 0 bridgehead atoms. The van der Waals surface area contributed by atoms with E-state index in [1.165, 1.54) is 18.3 Å². The summed E-state index contributed by atoms with van der Waals surface area (Å²) in [4.78, 5) is 32.3. The molecule has 1 saturated carbocycles. The second-order valence-electron chi connectivity index (χ2n) is 7.94. The number of urea groups is 1. The van der Waals surface area contributed by atoms with E-state index in [1.807, 2.05) is 13.0 Å². The maximum atomic E-state index is 14.6. The minimum atomic E-state index is -0.657. The van der Waals surface area contributed by atoms with Gasteiger partial charge in [0.15, 0.2) is 5.82 Å². The number of carbonyl (C=O) groups excluding carboxylic acids is 1. The van der Waals surface area contributed by atoms with Crippen LogP contribution in [-0.4, -0.2) is 42.6 Å². The van der Waals surface area contributed by atoms with E-state index >= 15 is 0 Å². The van der Waals surface area contributed by atoms with Gasteiger partial charge in [0, 0.05) is 36.3 Å². The van der Waals surface area contributed by atoms with Crippen LogP contribution in [0, 0.1) is 11.7 Å². The lowest BCUT2D eigenvalue weighted by Crippen LogP contribution is -2.28. The van der Waals surface area contributed by atoms with Crippen LogP contribution in [0.4, 0.5) is 15.1 Å². The van der Waals surface area contributed by atoms with Crippen molar-refractivity contribution in [1.82, 2.24) is 30.2 Å². The summed E-state index contributed by atoms with van der Waals surface area (Å²) in [5.41, 5.74) is 3.05. The van der Waals surface area contributed by atoms with Crippen molar-refractivity contribution in [2.24, 2.45) is 5.92 Å². The molecule has 0 saturated heterocycles. The number of benzene rings is 1. The van der Waals surface area contributed by atoms with Crippen LogP contribution in [0.15, 0.2) is 42.9 Å². The summed E-state index contributed by atoms with van der Waals surface area (Å²) in [5.74, 6) is 0.362. The number of carbonyl (C=O) groups is 1. The summed E-state index contributed by atoms with van der Waals surface area (Å²) >= 11 is 0. The van der Waals surface area contributed by atoms with Gasteiger partial charge in [-0.05, 0) is 55.5 Å². The van der Waals surface area contributed by atoms with Crippen LogP contribution < -0.4 is 10.6 Å². The number of rotatable bonds is 6. The lowest BCUT2D eigenvalue weighted by atomic mass is 10.0. The molecule has 1 aliphatic rings. The van der Waals surface area contributed by atoms with E-state index < -0.39 is 18.0 Å². The zero-order valence-electron chi connectivity index (χ0n) is 17.8. The van der Waals surface area contributed by atoms with E-state index in [-0.39, 0.29) is 17.6 Å². The number of hydrogen-bond acceptors (Lipinski definition) is 6. The number of pyridine rings is 1. The van der Waals surface area contributed by atoms with Gasteiger partial charge in [-0.1, -0.05) is 0 Å². The minimum Gasteiger partial charge on any atom is -0.385 e. The smallest absolute Gasteiger partial charge is 0.321 e. The molecule has 0 aliphatic heterocycles. The topological polar surface area (TPSA) is 129 Å². The fraction of sp³-hybridized carbons (Fsp3) is 0.261. The number of anilines is 1. The Kier molecular flexibility index (Phi) is 5.43. The van der Waals surface area contributed by atoms with Gasteiger partial charge in [-0.3, -0.25) is 10.3 Å². The molecule has 9 nitrogen and oxygen atoms in total. The predicted octanol–water partition coefficient (Wildman–Crippen LogP) is 3.81. The largest absolute Gasteiger partial charge is 0.385 e. The first-order valence-electron chi connectivity index (χ1n) is 10.7. The Bertz CT molecular complexity index is 1320. The zero-order chi connectivity index (χ0) is 22.9. The molecule has 1 fully saturated rings. The molecule has 5 rings (SSSR count). The normalized spacial score (nSPS) is 14.3. The van der Waals surface area contributed by atoms with E-state index in [0.717, 1.165) is 12.8 Å². The molecule has 2 amide bonds. The molecular weight excluding hydrogens is 425 g/mol. The highest BCUT2D eigenvalue weighted by molar-refractivity contribution is 5.98. The van der Waals surface area contributed by atoms with Crippen molar-refractivity contribution < 1.29 is 14.3 Å². The van der Waals surface area contributed by atoms with Gasteiger partial charge in [0.05, 0.1) is 5.52 Å². The van der Waals surface area contributed by atoms with Crippen molar-refractivity contribution in [1.29, 1.82) is 0 Å². The lowest BCUT2D eigenvalue weighted by molar-refractivity contribution is 0.144. The maximum absolute atomic E-state index is 14.6. The Balaban J connectivity index is 1.59. The van der Waals surface area contributed by atoms with Gasteiger partial charge in [0.1, 0.15) is 23.1 Å². The second-order valence-corrected chi connectivity index (χ2v) is 7.94. The van der Waals surface area contributed by atoms with Crippen LogP contribution in [0.3, 0.4) is 0 Å². The Morgan fingerprint density at radius 2 is 2.03 bits per heavy atom. The monoisotopic (exact) mass is 447 g/mol. The summed E-state index contributed by atoms with van der Waals surface area (Å²) in [5, 5.41) is 15.5. The predicted molar refractivity (Wildman–Crippen MR) is 121 cm³/mol. The highest BCUT2D eigenvalue weighted by Gasteiger charge is 2.32. The van der Waals surface area contributed by atoms with E-state index in [1.54, 1.807) is 18.5 Å². The highest BCUT2D eigenvalue weighted by Crippen LogP contribution is 2.40. The SMILES string of the molecule is CCNC(=O)Nc1nc2c(-c3ncccc3F)cc(-c3cnc(C(O)C4CC4)nc3)cc2[nH]1. The average Bonchev–Trinajstić information content (AvgIpc) is 3.59. The van der Waals surface area contributed by atoms with Crippen LogP contribution in [0.2, 0.25) is 0 Å². The average molecular weight is 447 g/mol. The zero-order valence-corrected chi connectivity index (χ0v) is 17.8. The van der Waals surface area contributed by atoms with Crippen LogP contribution in [0.5, 0.6) is 0 Å². The number of halogens is 1. The molecule has 4 N–H and O–H groups in total. The van der Waals surface area contributed by atoms with Crippen LogP contribution in [0.1, 0.15) is 31.7 Å². The molecule has 1 aromatic carbocycles. The van der Waals surface area contributed by atoms with Crippen LogP contribution >= 0.6 is 0 Å². The lowest BCUT2D eigenvalue weighted by Gasteiger charge is -2.10. The van der Waals surface area contributed by atoms with E-state index in [0.29, 0.717) is 40.1 Å². The van der Waals surface area contributed by atoms with Crippen LogP contribution in [-0.2, 0) is 0 Å². The number of aromatic amines is 1. The summed E-state index contributed by atoms with van der Waals surface area (Å²) < 4.78 is 14.6. The van der Waals surface area contributed by atoms with Gasteiger partial charge in [-0.15, -0.1) is 0 Å². The highest BCUT2D eigenvalue weighted by atomic mass is 19.1. The van der Waals surface area contributed by atoms with E-state index in [4.69, 9.17) is 0 Å². The fourth-order valence-electron chi connectivity index (χ4n) is 3.68. The van der Waals surface area contributed by atoms with Crippen molar-refractivity contribution in [3.63, 3.8) is 0 Å². The summed E-state index contributed by atoms with van der Waals surface area (Å²) in [6.07, 6.45) is 6.09. The number of aliphatic hydroxyl groups is 1. The molecule has 4 aromatic rings. The number of hydrogen-bond donors (Lipinski definition) is 4. The van der Waals surface area contributed by atoms with Gasteiger partial charge in [0.25, 0.3) is 0 Å². The third-order valence-corrected chi connectivity index (χ3v) is 5.51. The van der Waals surface area contributed by atoms with Gasteiger partial charge in [0.2, 0.25) is 5.95 Å². The molecule has 3 aromatic heterocycles. The first kappa shape index (κ1) is 21.0. The number of amides is 2. The third kappa shape index (κ3) is 4.24. The van der Waals surface area contributed by atoms with Crippen molar-refractivity contribution in [2.75, 3.05) is 11.9 Å². The number of aliphatic hydroxyl groups excluding tert-OH is 1. The third-order valence-electron chi connectivity index (χ3n) is 5.51. The summed E-state index contributed by atoms with van der Waals surface area (Å²) in [6.45, 7) is 2.27. The van der Waals surface area contributed by atoms with E-state index in [2.05, 4.69) is 35.6 Å². The molecule has 3 heterocycles. The number of fused-ring (bicyclic) bond motifs is 1. The molecular formula is C23H22FN7O2. The molecule has 168 valence electrons. The van der Waals surface area contributed by atoms with Crippen molar-refractivity contribution in [2.45, 2.75) is 25.9 Å². The molecule has 0 radical (unpaired) electrons.